The molecule has 8 heteroatoms. The molecule has 0 amide bonds. The standard InChI is InChI=1S/C13H21N3O4S/c1-10-14-11(9-16(10)2)21(19,20)15-13(8-12(17)18)6-4-3-5-7-13/h9,15H,3-8H2,1-2H3,(H,17,18). The lowest BCUT2D eigenvalue weighted by atomic mass is 9.80. The SMILES string of the molecule is Cc1nc(S(=O)(=O)NC2(CC(=O)O)CCCCC2)cn1C. The van der Waals surface area contributed by atoms with Crippen LogP contribution in [0.15, 0.2) is 11.2 Å². The van der Waals surface area contributed by atoms with Crippen LogP contribution < -0.4 is 4.72 Å². The van der Waals surface area contributed by atoms with E-state index in [1.54, 1.807) is 18.5 Å². The van der Waals surface area contributed by atoms with Crippen molar-refractivity contribution in [3.05, 3.63) is 12.0 Å². The monoisotopic (exact) mass is 315 g/mol. The number of nitrogens with zero attached hydrogens (tertiary/aromatic N) is 2. The summed E-state index contributed by atoms with van der Waals surface area (Å²) in [6, 6.07) is 0. The first kappa shape index (κ1) is 16.0. The van der Waals surface area contributed by atoms with Crippen LogP contribution in [0.3, 0.4) is 0 Å². The fourth-order valence-corrected chi connectivity index (χ4v) is 4.33. The van der Waals surface area contributed by atoms with Crippen LogP contribution in [0.1, 0.15) is 44.3 Å². The van der Waals surface area contributed by atoms with Gasteiger partial charge in [0.25, 0.3) is 10.0 Å². The molecular weight excluding hydrogens is 294 g/mol. The number of aryl methyl sites for hydroxylation is 2. The minimum absolute atomic E-state index is 0.0576. The maximum atomic E-state index is 12.5. The average molecular weight is 315 g/mol. The Morgan fingerprint density at radius 1 is 1.43 bits per heavy atom. The van der Waals surface area contributed by atoms with Crippen LogP contribution in [0, 0.1) is 6.92 Å². The number of sulfonamides is 1. The van der Waals surface area contributed by atoms with E-state index in [1.807, 2.05) is 0 Å². The molecule has 118 valence electrons. The van der Waals surface area contributed by atoms with Crippen LogP contribution in [-0.2, 0) is 21.9 Å². The Labute approximate surface area is 124 Å². The zero-order valence-electron chi connectivity index (χ0n) is 12.3. The number of carbonyl (C=O) groups is 1. The molecule has 0 saturated heterocycles. The van der Waals surface area contributed by atoms with Gasteiger partial charge in [-0.15, -0.1) is 0 Å². The summed E-state index contributed by atoms with van der Waals surface area (Å²) >= 11 is 0. The molecule has 0 aromatic carbocycles. The number of aromatic nitrogens is 2. The Kier molecular flexibility index (Phi) is 4.38. The Morgan fingerprint density at radius 3 is 2.52 bits per heavy atom. The smallest absolute Gasteiger partial charge is 0.305 e. The maximum Gasteiger partial charge on any atom is 0.305 e. The topological polar surface area (TPSA) is 101 Å². The lowest BCUT2D eigenvalue weighted by Crippen LogP contribution is -2.51. The quantitative estimate of drug-likeness (QED) is 0.849. The summed E-state index contributed by atoms with van der Waals surface area (Å²) in [7, 11) is -2.09. The second kappa shape index (κ2) is 5.76. The van der Waals surface area contributed by atoms with Crippen molar-refractivity contribution < 1.29 is 18.3 Å². The van der Waals surface area contributed by atoms with Crippen molar-refractivity contribution in [3.8, 4) is 0 Å². The Balaban J connectivity index is 2.28. The molecule has 0 atom stereocenters. The molecule has 0 aliphatic heterocycles. The number of hydrogen-bond acceptors (Lipinski definition) is 4. The van der Waals surface area contributed by atoms with E-state index in [-0.39, 0.29) is 11.4 Å². The van der Waals surface area contributed by atoms with Gasteiger partial charge in [0.05, 0.1) is 6.42 Å². The molecule has 21 heavy (non-hydrogen) atoms. The number of carboxylic acids is 1. The van der Waals surface area contributed by atoms with Gasteiger partial charge in [-0.25, -0.2) is 18.1 Å². The maximum absolute atomic E-state index is 12.5. The Morgan fingerprint density at radius 2 is 2.05 bits per heavy atom. The summed E-state index contributed by atoms with van der Waals surface area (Å²) in [6.07, 6.45) is 5.00. The number of aliphatic carboxylic acids is 1. The number of hydrogen-bond donors (Lipinski definition) is 2. The van der Waals surface area contributed by atoms with E-state index < -0.39 is 21.5 Å². The van der Waals surface area contributed by atoms with Crippen LogP contribution in [0.4, 0.5) is 0 Å². The van der Waals surface area contributed by atoms with Crippen molar-refractivity contribution >= 4 is 16.0 Å². The molecule has 2 N–H and O–H groups in total. The van der Waals surface area contributed by atoms with Crippen molar-refractivity contribution in [2.45, 2.75) is 56.0 Å². The number of rotatable bonds is 5. The minimum Gasteiger partial charge on any atom is -0.481 e. The van der Waals surface area contributed by atoms with E-state index >= 15 is 0 Å². The molecule has 1 saturated carbocycles. The summed E-state index contributed by atoms with van der Waals surface area (Å²) in [5, 5.41) is 9.03. The van der Waals surface area contributed by atoms with Crippen LogP contribution >= 0.6 is 0 Å². The van der Waals surface area contributed by atoms with Gasteiger partial charge >= 0.3 is 5.97 Å². The van der Waals surface area contributed by atoms with E-state index in [2.05, 4.69) is 9.71 Å². The third-order valence-corrected chi connectivity index (χ3v) is 5.46. The molecular formula is C13H21N3O4S. The fraction of sp³-hybridized carbons (Fsp3) is 0.692. The van der Waals surface area contributed by atoms with Crippen molar-refractivity contribution in [1.29, 1.82) is 0 Å². The normalized spacial score (nSPS) is 18.6. The second-order valence-electron chi connectivity index (χ2n) is 5.75. The highest BCUT2D eigenvalue weighted by atomic mass is 32.2. The minimum atomic E-state index is -3.81. The lowest BCUT2D eigenvalue weighted by molar-refractivity contribution is -0.138. The molecule has 2 rings (SSSR count). The average Bonchev–Trinajstić information content (AvgIpc) is 2.69. The molecule has 1 aliphatic rings. The number of carboxylic acid groups (broad SMARTS) is 1. The van der Waals surface area contributed by atoms with Crippen molar-refractivity contribution in [3.63, 3.8) is 0 Å². The fourth-order valence-electron chi connectivity index (χ4n) is 2.83. The van der Waals surface area contributed by atoms with Crippen LogP contribution in [0.2, 0.25) is 0 Å². The van der Waals surface area contributed by atoms with Gasteiger partial charge in [-0.1, -0.05) is 19.3 Å². The van der Waals surface area contributed by atoms with Gasteiger partial charge in [-0.2, -0.15) is 0 Å². The first-order valence-corrected chi connectivity index (χ1v) is 8.48. The Bertz CT molecular complexity index is 610. The van der Waals surface area contributed by atoms with E-state index in [9.17, 15) is 13.2 Å². The number of nitrogens with one attached hydrogen (secondary N) is 1. The Hall–Kier alpha value is -1.41. The largest absolute Gasteiger partial charge is 0.481 e. The van der Waals surface area contributed by atoms with Gasteiger partial charge in [0.15, 0.2) is 5.03 Å². The summed E-state index contributed by atoms with van der Waals surface area (Å²) in [5.74, 6) is -0.400. The zero-order chi connectivity index (χ0) is 15.7. The molecule has 0 unspecified atom stereocenters. The summed E-state index contributed by atoms with van der Waals surface area (Å²) in [6.45, 7) is 1.71. The van der Waals surface area contributed by atoms with Gasteiger partial charge < -0.3 is 9.67 Å². The van der Waals surface area contributed by atoms with E-state index in [4.69, 9.17) is 5.11 Å². The molecule has 1 fully saturated rings. The number of imidazole rings is 1. The zero-order valence-corrected chi connectivity index (χ0v) is 13.1. The van der Waals surface area contributed by atoms with Crippen molar-refractivity contribution in [2.24, 2.45) is 7.05 Å². The molecule has 0 bridgehead atoms. The van der Waals surface area contributed by atoms with E-state index in [0.717, 1.165) is 19.3 Å². The molecule has 0 radical (unpaired) electrons. The predicted molar refractivity (Wildman–Crippen MR) is 76.3 cm³/mol. The molecule has 1 aromatic rings. The first-order valence-electron chi connectivity index (χ1n) is 7.00. The molecule has 7 nitrogen and oxygen atoms in total. The van der Waals surface area contributed by atoms with Gasteiger partial charge in [0, 0.05) is 18.8 Å². The van der Waals surface area contributed by atoms with Crippen LogP contribution in [0.5, 0.6) is 0 Å². The first-order chi connectivity index (χ1) is 9.74. The summed E-state index contributed by atoms with van der Waals surface area (Å²) in [4.78, 5) is 15.1. The molecule has 1 heterocycles. The van der Waals surface area contributed by atoms with Crippen molar-refractivity contribution in [1.82, 2.24) is 14.3 Å². The predicted octanol–water partition coefficient (Wildman–Crippen LogP) is 1.18. The molecule has 0 spiro atoms. The van der Waals surface area contributed by atoms with Gasteiger partial charge in [0.2, 0.25) is 0 Å². The highest BCUT2D eigenvalue weighted by Crippen LogP contribution is 2.32. The van der Waals surface area contributed by atoms with E-state index in [0.29, 0.717) is 18.7 Å². The van der Waals surface area contributed by atoms with Crippen LogP contribution in [0.25, 0.3) is 0 Å². The third-order valence-electron chi connectivity index (χ3n) is 4.01. The van der Waals surface area contributed by atoms with Crippen molar-refractivity contribution in [2.75, 3.05) is 0 Å². The molecule has 1 aliphatic carbocycles. The summed E-state index contributed by atoms with van der Waals surface area (Å²) in [5.41, 5.74) is -0.895. The second-order valence-corrected chi connectivity index (χ2v) is 7.38. The highest BCUT2D eigenvalue weighted by Gasteiger charge is 2.39. The lowest BCUT2D eigenvalue weighted by Gasteiger charge is -2.36. The van der Waals surface area contributed by atoms with E-state index in [1.165, 1.54) is 6.20 Å². The van der Waals surface area contributed by atoms with Gasteiger partial charge in [0.1, 0.15) is 5.82 Å². The van der Waals surface area contributed by atoms with Gasteiger partial charge in [-0.3, -0.25) is 4.79 Å². The highest BCUT2D eigenvalue weighted by molar-refractivity contribution is 7.89. The van der Waals surface area contributed by atoms with Gasteiger partial charge in [-0.05, 0) is 19.8 Å². The summed E-state index contributed by atoms with van der Waals surface area (Å²) < 4.78 is 29.2. The van der Waals surface area contributed by atoms with Crippen LogP contribution in [-0.4, -0.2) is 34.6 Å². The molecule has 1 aromatic heterocycles. The third kappa shape index (κ3) is 3.62.